The molecule has 1 aromatic rings. The van der Waals surface area contributed by atoms with Gasteiger partial charge in [0.05, 0.1) is 5.02 Å². The average molecular weight is 287 g/mol. The summed E-state index contributed by atoms with van der Waals surface area (Å²) in [5.41, 5.74) is 0.462. The normalized spacial score (nSPS) is 16.7. The lowest BCUT2D eigenvalue weighted by Crippen LogP contribution is -2.33. The van der Waals surface area contributed by atoms with Gasteiger partial charge in [0.2, 0.25) is 0 Å². The molecule has 0 unspecified atom stereocenters. The number of nitrogens with zero attached hydrogens (tertiary/aromatic N) is 1. The van der Waals surface area contributed by atoms with Gasteiger partial charge >= 0.3 is 0 Å². The third-order valence-electron chi connectivity index (χ3n) is 3.75. The summed E-state index contributed by atoms with van der Waals surface area (Å²) in [5.74, 6) is 0.315. The number of carbonyl (C=O) groups excluding carboxylic acids is 1. The van der Waals surface area contributed by atoms with Crippen LogP contribution in [0.1, 0.15) is 37.2 Å². The number of rotatable bonds is 4. The van der Waals surface area contributed by atoms with Crippen LogP contribution in [0.2, 0.25) is 10.2 Å². The fraction of sp³-hybridized carbons (Fsp3) is 0.538. The van der Waals surface area contributed by atoms with E-state index in [-0.39, 0.29) is 22.2 Å². The molecule has 1 heterocycles. The van der Waals surface area contributed by atoms with Gasteiger partial charge in [-0.1, -0.05) is 37.0 Å². The Balaban J connectivity index is 2.02. The average Bonchev–Trinajstić information content (AvgIpc) is 3.10. The Kier molecular flexibility index (Phi) is 3.83. The molecule has 98 valence electrons. The molecule has 1 aliphatic carbocycles. The first-order valence-electron chi connectivity index (χ1n) is 6.05. The second-order valence-corrected chi connectivity index (χ2v) is 5.96. The SMILES string of the molecule is CC(C)C1(CNC(=O)c2nc(Cl)ccc2Cl)CC1. The molecule has 1 N–H and O–H groups in total. The summed E-state index contributed by atoms with van der Waals surface area (Å²) in [7, 11) is 0. The highest BCUT2D eigenvalue weighted by Gasteiger charge is 2.45. The molecule has 0 aromatic carbocycles. The van der Waals surface area contributed by atoms with Gasteiger partial charge < -0.3 is 5.32 Å². The summed E-state index contributed by atoms with van der Waals surface area (Å²) in [6.45, 7) is 5.04. The Morgan fingerprint density at radius 1 is 1.44 bits per heavy atom. The molecule has 0 atom stereocenters. The van der Waals surface area contributed by atoms with Gasteiger partial charge in [-0.05, 0) is 36.3 Å². The number of amides is 1. The van der Waals surface area contributed by atoms with E-state index in [0.29, 0.717) is 17.5 Å². The zero-order valence-corrected chi connectivity index (χ0v) is 12.0. The lowest BCUT2D eigenvalue weighted by molar-refractivity contribution is 0.0935. The molecule has 1 aromatic heterocycles. The Hall–Kier alpha value is -0.800. The second-order valence-electron chi connectivity index (χ2n) is 5.16. The van der Waals surface area contributed by atoms with Crippen molar-refractivity contribution in [2.24, 2.45) is 11.3 Å². The van der Waals surface area contributed by atoms with Gasteiger partial charge in [0.1, 0.15) is 10.8 Å². The van der Waals surface area contributed by atoms with Crippen molar-refractivity contribution in [3.8, 4) is 0 Å². The van der Waals surface area contributed by atoms with Crippen LogP contribution in [0.25, 0.3) is 0 Å². The van der Waals surface area contributed by atoms with E-state index < -0.39 is 0 Å². The molecule has 1 saturated carbocycles. The summed E-state index contributed by atoms with van der Waals surface area (Å²) in [5, 5.41) is 3.50. The topological polar surface area (TPSA) is 42.0 Å². The quantitative estimate of drug-likeness (QED) is 0.860. The molecule has 3 nitrogen and oxygen atoms in total. The molecule has 0 spiro atoms. The van der Waals surface area contributed by atoms with Crippen LogP contribution in [-0.2, 0) is 0 Å². The smallest absolute Gasteiger partial charge is 0.271 e. The van der Waals surface area contributed by atoms with Gasteiger partial charge in [0.15, 0.2) is 0 Å². The molecule has 0 saturated heterocycles. The van der Waals surface area contributed by atoms with Gasteiger partial charge in [-0.2, -0.15) is 0 Å². The second kappa shape index (κ2) is 5.06. The van der Waals surface area contributed by atoms with Crippen LogP contribution in [0.3, 0.4) is 0 Å². The van der Waals surface area contributed by atoms with Crippen molar-refractivity contribution in [2.75, 3.05) is 6.54 Å². The molecule has 1 fully saturated rings. The maximum atomic E-state index is 12.0. The summed E-state index contributed by atoms with van der Waals surface area (Å²) in [4.78, 5) is 16.0. The number of halogens is 2. The van der Waals surface area contributed by atoms with Crippen molar-refractivity contribution < 1.29 is 4.79 Å². The fourth-order valence-corrected chi connectivity index (χ4v) is 2.37. The lowest BCUT2D eigenvalue weighted by atomic mass is 9.92. The van der Waals surface area contributed by atoms with Crippen molar-refractivity contribution in [1.82, 2.24) is 10.3 Å². The number of hydrogen-bond acceptors (Lipinski definition) is 2. The first kappa shape index (κ1) is 13.6. The third kappa shape index (κ3) is 2.78. The zero-order chi connectivity index (χ0) is 13.3. The summed E-state index contributed by atoms with van der Waals surface area (Å²) in [6.07, 6.45) is 2.34. The van der Waals surface area contributed by atoms with E-state index in [1.54, 1.807) is 12.1 Å². The molecular weight excluding hydrogens is 271 g/mol. The highest BCUT2D eigenvalue weighted by atomic mass is 35.5. The standard InChI is InChI=1S/C13H16Cl2N2O/c1-8(2)13(5-6-13)7-16-12(18)11-9(14)3-4-10(15)17-11/h3-4,8H,5-7H2,1-2H3,(H,16,18). The summed E-state index contributed by atoms with van der Waals surface area (Å²) < 4.78 is 0. The van der Waals surface area contributed by atoms with Crippen molar-refractivity contribution in [1.29, 1.82) is 0 Å². The molecule has 0 aliphatic heterocycles. The van der Waals surface area contributed by atoms with E-state index in [1.807, 2.05) is 0 Å². The molecular formula is C13H16Cl2N2O. The Labute approximate surface area is 117 Å². The number of nitrogens with one attached hydrogen (secondary N) is 1. The van der Waals surface area contributed by atoms with E-state index in [1.165, 1.54) is 12.8 Å². The largest absolute Gasteiger partial charge is 0.350 e. The Morgan fingerprint density at radius 2 is 2.11 bits per heavy atom. The van der Waals surface area contributed by atoms with Crippen molar-refractivity contribution in [3.63, 3.8) is 0 Å². The third-order valence-corrected chi connectivity index (χ3v) is 4.26. The highest BCUT2D eigenvalue weighted by molar-refractivity contribution is 6.34. The highest BCUT2D eigenvalue weighted by Crippen LogP contribution is 2.51. The van der Waals surface area contributed by atoms with Crippen molar-refractivity contribution >= 4 is 29.1 Å². The van der Waals surface area contributed by atoms with E-state index in [9.17, 15) is 4.79 Å². The van der Waals surface area contributed by atoms with Crippen LogP contribution in [0.5, 0.6) is 0 Å². The molecule has 1 aliphatic rings. The predicted octanol–water partition coefficient (Wildman–Crippen LogP) is 3.55. The minimum Gasteiger partial charge on any atom is -0.350 e. The lowest BCUT2D eigenvalue weighted by Gasteiger charge is -2.19. The van der Waals surface area contributed by atoms with Gasteiger partial charge in [0, 0.05) is 6.54 Å². The van der Waals surface area contributed by atoms with Crippen molar-refractivity contribution in [2.45, 2.75) is 26.7 Å². The molecule has 2 rings (SSSR count). The van der Waals surface area contributed by atoms with E-state index in [2.05, 4.69) is 24.1 Å². The van der Waals surface area contributed by atoms with E-state index in [4.69, 9.17) is 23.2 Å². The molecule has 5 heteroatoms. The first-order valence-corrected chi connectivity index (χ1v) is 6.80. The minimum atomic E-state index is -0.255. The predicted molar refractivity (Wildman–Crippen MR) is 73.1 cm³/mol. The maximum absolute atomic E-state index is 12.0. The fourth-order valence-electron chi connectivity index (χ4n) is 2.04. The van der Waals surface area contributed by atoms with Crippen LogP contribution in [-0.4, -0.2) is 17.4 Å². The molecule has 0 radical (unpaired) electrons. The number of carbonyl (C=O) groups is 1. The van der Waals surface area contributed by atoms with Crippen molar-refractivity contribution in [3.05, 3.63) is 28.0 Å². The number of hydrogen-bond donors (Lipinski definition) is 1. The van der Waals surface area contributed by atoms with Gasteiger partial charge in [-0.25, -0.2) is 4.98 Å². The minimum absolute atomic E-state index is 0.198. The number of pyridine rings is 1. The first-order chi connectivity index (χ1) is 8.44. The molecule has 0 bridgehead atoms. The Morgan fingerprint density at radius 3 is 2.67 bits per heavy atom. The van der Waals surface area contributed by atoms with E-state index >= 15 is 0 Å². The molecule has 18 heavy (non-hydrogen) atoms. The summed E-state index contributed by atoms with van der Waals surface area (Å²) >= 11 is 11.7. The maximum Gasteiger partial charge on any atom is 0.271 e. The van der Waals surface area contributed by atoms with E-state index in [0.717, 1.165) is 0 Å². The van der Waals surface area contributed by atoms with Crippen LogP contribution in [0.4, 0.5) is 0 Å². The molecule has 1 amide bonds. The van der Waals surface area contributed by atoms with Crippen LogP contribution >= 0.6 is 23.2 Å². The van der Waals surface area contributed by atoms with Crippen LogP contribution < -0.4 is 5.32 Å². The van der Waals surface area contributed by atoms with Crippen LogP contribution in [0, 0.1) is 11.3 Å². The Bertz CT molecular complexity index is 470. The number of aromatic nitrogens is 1. The van der Waals surface area contributed by atoms with Crippen LogP contribution in [0.15, 0.2) is 12.1 Å². The van der Waals surface area contributed by atoms with Gasteiger partial charge in [-0.3, -0.25) is 4.79 Å². The summed E-state index contributed by atoms with van der Waals surface area (Å²) in [6, 6.07) is 3.15. The van der Waals surface area contributed by atoms with Gasteiger partial charge in [-0.15, -0.1) is 0 Å². The zero-order valence-electron chi connectivity index (χ0n) is 10.5. The monoisotopic (exact) mass is 286 g/mol. The van der Waals surface area contributed by atoms with Gasteiger partial charge in [0.25, 0.3) is 5.91 Å².